The van der Waals surface area contributed by atoms with Crippen molar-refractivity contribution in [1.29, 1.82) is 0 Å². The highest BCUT2D eigenvalue weighted by molar-refractivity contribution is 7.89. The van der Waals surface area contributed by atoms with E-state index in [9.17, 15) is 13.2 Å². The molecule has 0 spiro atoms. The SMILES string of the molecule is COc1ccc(S(=O)(=O)N2CCCC(C)C2)cc1N1CCN(C(=O)c2ccco2)CC1. The molecule has 2 aliphatic heterocycles. The average Bonchev–Trinajstić information content (AvgIpc) is 3.33. The van der Waals surface area contributed by atoms with E-state index in [4.69, 9.17) is 9.15 Å². The highest BCUT2D eigenvalue weighted by Gasteiger charge is 2.31. The number of piperidine rings is 1. The molecule has 31 heavy (non-hydrogen) atoms. The zero-order valence-corrected chi connectivity index (χ0v) is 18.8. The molecule has 0 aliphatic carbocycles. The molecule has 2 aliphatic rings. The second-order valence-corrected chi connectivity index (χ2v) is 10.1. The van der Waals surface area contributed by atoms with Gasteiger partial charge in [-0.25, -0.2) is 8.42 Å². The number of furan rings is 1. The van der Waals surface area contributed by atoms with Gasteiger partial charge in [0.2, 0.25) is 10.0 Å². The maximum Gasteiger partial charge on any atom is 0.289 e. The van der Waals surface area contributed by atoms with Gasteiger partial charge in [-0.15, -0.1) is 0 Å². The van der Waals surface area contributed by atoms with Gasteiger partial charge in [0.05, 0.1) is 24.0 Å². The molecule has 9 heteroatoms. The summed E-state index contributed by atoms with van der Waals surface area (Å²) in [6, 6.07) is 8.40. The van der Waals surface area contributed by atoms with Crippen molar-refractivity contribution >= 4 is 21.6 Å². The Labute approximate surface area is 183 Å². The standard InChI is InChI=1S/C22H29N3O5S/c1-17-5-3-9-25(16-17)31(27,28)18-7-8-20(29-2)19(15-18)23-10-12-24(13-11-23)22(26)21-6-4-14-30-21/h4,6-8,14-15,17H,3,5,9-13,16H2,1-2H3. The summed E-state index contributed by atoms with van der Waals surface area (Å²) < 4.78 is 38.8. The van der Waals surface area contributed by atoms with E-state index in [-0.39, 0.29) is 10.8 Å². The van der Waals surface area contributed by atoms with Gasteiger partial charge in [-0.1, -0.05) is 6.92 Å². The van der Waals surface area contributed by atoms with Gasteiger partial charge < -0.3 is 19.0 Å². The lowest BCUT2D eigenvalue weighted by atomic mass is 10.0. The van der Waals surface area contributed by atoms with Crippen LogP contribution in [0.2, 0.25) is 0 Å². The van der Waals surface area contributed by atoms with E-state index >= 15 is 0 Å². The number of amides is 1. The van der Waals surface area contributed by atoms with Crippen LogP contribution in [-0.2, 0) is 10.0 Å². The largest absolute Gasteiger partial charge is 0.495 e. The lowest BCUT2D eigenvalue weighted by molar-refractivity contribution is 0.0714. The highest BCUT2D eigenvalue weighted by atomic mass is 32.2. The van der Waals surface area contributed by atoms with Crippen LogP contribution >= 0.6 is 0 Å². The summed E-state index contributed by atoms with van der Waals surface area (Å²) in [6.45, 7) is 5.39. The summed E-state index contributed by atoms with van der Waals surface area (Å²) in [6.07, 6.45) is 3.43. The van der Waals surface area contributed by atoms with E-state index in [0.717, 1.165) is 18.5 Å². The minimum absolute atomic E-state index is 0.132. The molecule has 0 saturated carbocycles. The number of carbonyl (C=O) groups is 1. The first-order valence-electron chi connectivity index (χ1n) is 10.7. The minimum atomic E-state index is -3.56. The predicted molar refractivity (Wildman–Crippen MR) is 117 cm³/mol. The minimum Gasteiger partial charge on any atom is -0.495 e. The summed E-state index contributed by atoms with van der Waals surface area (Å²) in [4.78, 5) is 16.6. The predicted octanol–water partition coefficient (Wildman–Crippen LogP) is 2.67. The number of nitrogens with zero attached hydrogens (tertiary/aromatic N) is 3. The van der Waals surface area contributed by atoms with Gasteiger partial charge in [-0.05, 0) is 49.1 Å². The molecule has 1 aromatic carbocycles. The van der Waals surface area contributed by atoms with Crippen molar-refractivity contribution in [2.45, 2.75) is 24.7 Å². The van der Waals surface area contributed by atoms with Crippen molar-refractivity contribution in [3.63, 3.8) is 0 Å². The number of sulfonamides is 1. The fraction of sp³-hybridized carbons (Fsp3) is 0.500. The summed E-state index contributed by atoms with van der Waals surface area (Å²) in [5.74, 6) is 1.18. The molecule has 4 rings (SSSR count). The van der Waals surface area contributed by atoms with Crippen molar-refractivity contribution in [3.05, 3.63) is 42.4 Å². The van der Waals surface area contributed by atoms with Crippen LogP contribution in [0.25, 0.3) is 0 Å². The number of ether oxygens (including phenoxy) is 1. The van der Waals surface area contributed by atoms with Gasteiger partial charge in [0.15, 0.2) is 5.76 Å². The fourth-order valence-electron chi connectivity index (χ4n) is 4.30. The van der Waals surface area contributed by atoms with E-state index in [2.05, 4.69) is 11.8 Å². The first-order valence-corrected chi connectivity index (χ1v) is 12.1. The van der Waals surface area contributed by atoms with Crippen molar-refractivity contribution in [3.8, 4) is 5.75 Å². The second kappa shape index (κ2) is 8.92. The summed E-state index contributed by atoms with van der Waals surface area (Å²) >= 11 is 0. The van der Waals surface area contributed by atoms with Gasteiger partial charge >= 0.3 is 0 Å². The molecule has 1 amide bonds. The first-order chi connectivity index (χ1) is 14.9. The number of rotatable bonds is 5. The summed E-state index contributed by atoms with van der Waals surface area (Å²) in [5.41, 5.74) is 0.735. The van der Waals surface area contributed by atoms with Crippen LogP contribution < -0.4 is 9.64 Å². The summed E-state index contributed by atoms with van der Waals surface area (Å²) in [5, 5.41) is 0. The number of benzene rings is 1. The lowest BCUT2D eigenvalue weighted by Crippen LogP contribution is -2.48. The Bertz CT molecular complexity index is 1010. The van der Waals surface area contributed by atoms with Crippen LogP contribution in [0.4, 0.5) is 5.69 Å². The second-order valence-electron chi connectivity index (χ2n) is 8.20. The Morgan fingerprint density at radius 3 is 2.55 bits per heavy atom. The van der Waals surface area contributed by atoms with Gasteiger partial charge in [0.1, 0.15) is 5.75 Å². The lowest BCUT2D eigenvalue weighted by Gasteiger charge is -2.36. The smallest absolute Gasteiger partial charge is 0.289 e. The third-order valence-corrected chi connectivity index (χ3v) is 7.91. The van der Waals surface area contributed by atoms with Crippen molar-refractivity contribution in [2.24, 2.45) is 5.92 Å². The molecule has 2 fully saturated rings. The Morgan fingerprint density at radius 2 is 1.90 bits per heavy atom. The number of piperazine rings is 1. The highest BCUT2D eigenvalue weighted by Crippen LogP contribution is 2.33. The molecular formula is C22H29N3O5S. The van der Waals surface area contributed by atoms with Gasteiger partial charge in [0.25, 0.3) is 5.91 Å². The molecule has 2 saturated heterocycles. The molecule has 8 nitrogen and oxygen atoms in total. The average molecular weight is 448 g/mol. The van der Waals surface area contributed by atoms with Crippen LogP contribution in [0, 0.1) is 5.92 Å². The van der Waals surface area contributed by atoms with E-state index in [1.807, 2.05) is 0 Å². The van der Waals surface area contributed by atoms with E-state index < -0.39 is 10.0 Å². The molecule has 1 atom stereocenters. The molecular weight excluding hydrogens is 418 g/mol. The van der Waals surface area contributed by atoms with Crippen molar-refractivity contribution in [1.82, 2.24) is 9.21 Å². The van der Waals surface area contributed by atoms with E-state index in [0.29, 0.717) is 56.7 Å². The topological polar surface area (TPSA) is 83.3 Å². The number of hydrogen-bond acceptors (Lipinski definition) is 6. The Hall–Kier alpha value is -2.52. The molecule has 1 aromatic heterocycles. The third-order valence-electron chi connectivity index (χ3n) is 6.05. The number of carbonyl (C=O) groups excluding carboxylic acids is 1. The van der Waals surface area contributed by atoms with E-state index in [1.54, 1.807) is 46.6 Å². The third kappa shape index (κ3) is 4.43. The van der Waals surface area contributed by atoms with Crippen LogP contribution in [-0.4, -0.2) is 69.9 Å². The molecule has 1 unspecified atom stereocenters. The van der Waals surface area contributed by atoms with Gasteiger partial charge in [-0.3, -0.25) is 4.79 Å². The van der Waals surface area contributed by atoms with Gasteiger partial charge in [-0.2, -0.15) is 4.31 Å². The first kappa shape index (κ1) is 21.7. The fourth-order valence-corrected chi connectivity index (χ4v) is 5.92. The zero-order valence-electron chi connectivity index (χ0n) is 18.0. The molecule has 3 heterocycles. The Kier molecular flexibility index (Phi) is 6.24. The Morgan fingerprint density at radius 1 is 1.13 bits per heavy atom. The number of methoxy groups -OCH3 is 1. The summed E-state index contributed by atoms with van der Waals surface area (Å²) in [7, 11) is -1.98. The van der Waals surface area contributed by atoms with Crippen LogP contribution in [0.3, 0.4) is 0 Å². The quantitative estimate of drug-likeness (QED) is 0.701. The Balaban J connectivity index is 1.53. The van der Waals surface area contributed by atoms with Crippen LogP contribution in [0.5, 0.6) is 5.75 Å². The normalized spacial score (nSPS) is 20.6. The van der Waals surface area contributed by atoms with Gasteiger partial charge in [0, 0.05) is 39.3 Å². The van der Waals surface area contributed by atoms with Crippen LogP contribution in [0.15, 0.2) is 45.9 Å². The van der Waals surface area contributed by atoms with Crippen molar-refractivity contribution in [2.75, 3.05) is 51.3 Å². The monoisotopic (exact) mass is 447 g/mol. The number of anilines is 1. The van der Waals surface area contributed by atoms with E-state index in [1.165, 1.54) is 6.26 Å². The molecule has 2 aromatic rings. The molecule has 0 bridgehead atoms. The molecule has 0 N–H and O–H groups in total. The zero-order chi connectivity index (χ0) is 22.0. The molecule has 0 radical (unpaired) electrons. The van der Waals surface area contributed by atoms with Crippen molar-refractivity contribution < 1.29 is 22.4 Å². The number of hydrogen-bond donors (Lipinski definition) is 0. The molecule has 168 valence electrons. The maximum absolute atomic E-state index is 13.2. The van der Waals surface area contributed by atoms with Crippen LogP contribution in [0.1, 0.15) is 30.3 Å². The maximum atomic E-state index is 13.2.